The van der Waals surface area contributed by atoms with Crippen molar-refractivity contribution in [3.05, 3.63) is 47.8 Å². The number of nitriles is 1. The number of fused-ring (bicyclic) bond motifs is 4. The smallest absolute Gasteiger partial charge is 0.255 e. The molecular weight excluding hydrogens is 420 g/mol. The Morgan fingerprint density at radius 1 is 1.18 bits per heavy atom. The van der Waals surface area contributed by atoms with Crippen LogP contribution in [-0.2, 0) is 4.79 Å². The summed E-state index contributed by atoms with van der Waals surface area (Å²) in [5.74, 6) is -0.375. The van der Waals surface area contributed by atoms with Gasteiger partial charge in [-0.1, -0.05) is 0 Å². The zero-order valence-electron chi connectivity index (χ0n) is 18.0. The lowest BCUT2D eigenvalue weighted by molar-refractivity contribution is -0.107. The van der Waals surface area contributed by atoms with Gasteiger partial charge in [-0.2, -0.15) is 10.4 Å². The third kappa shape index (κ3) is 3.83. The number of hydrogen-bond acceptors (Lipinski definition) is 7. The van der Waals surface area contributed by atoms with E-state index >= 15 is 0 Å². The maximum Gasteiger partial charge on any atom is 0.255 e. The van der Waals surface area contributed by atoms with Crippen molar-refractivity contribution in [3.8, 4) is 17.5 Å². The van der Waals surface area contributed by atoms with Crippen molar-refractivity contribution < 1.29 is 14.7 Å². The molecule has 0 aliphatic heterocycles. The molecule has 2 bridgehead atoms. The topological polar surface area (TPSA) is 132 Å². The van der Waals surface area contributed by atoms with Crippen molar-refractivity contribution in [2.75, 3.05) is 11.9 Å². The molecule has 9 nitrogen and oxygen atoms in total. The molecule has 1 amide bonds. The number of aldehydes is 1. The number of hydrogen-bond donors (Lipinski definition) is 3. The quantitative estimate of drug-likeness (QED) is 0.498. The van der Waals surface area contributed by atoms with Gasteiger partial charge in [-0.3, -0.25) is 9.78 Å². The van der Waals surface area contributed by atoms with Crippen LogP contribution in [0.1, 0.15) is 54.4 Å². The summed E-state index contributed by atoms with van der Waals surface area (Å²) in [5.41, 5.74) is 2.85. The molecule has 168 valence electrons. The molecule has 0 atom stereocenters. The van der Waals surface area contributed by atoms with Gasteiger partial charge < -0.3 is 20.5 Å². The molecule has 6 rings (SSSR count). The minimum atomic E-state index is -0.560. The van der Waals surface area contributed by atoms with Gasteiger partial charge in [0.25, 0.3) is 5.91 Å². The average molecular weight is 444 g/mol. The molecule has 3 fully saturated rings. The molecule has 0 saturated heterocycles. The molecule has 3 aromatic heterocycles. The van der Waals surface area contributed by atoms with E-state index in [2.05, 4.69) is 26.8 Å². The maximum absolute atomic E-state index is 12.8. The zero-order chi connectivity index (χ0) is 23.1. The van der Waals surface area contributed by atoms with Gasteiger partial charge in [0.2, 0.25) is 0 Å². The molecule has 0 unspecified atom stereocenters. The van der Waals surface area contributed by atoms with Gasteiger partial charge in [-0.25, -0.2) is 4.52 Å². The van der Waals surface area contributed by atoms with Crippen LogP contribution in [0, 0.1) is 11.3 Å². The van der Waals surface area contributed by atoms with Crippen molar-refractivity contribution in [2.24, 2.45) is 0 Å². The summed E-state index contributed by atoms with van der Waals surface area (Å²) in [6.07, 6.45) is 8.33. The number of rotatable bonds is 6. The Balaban J connectivity index is 1.54. The monoisotopic (exact) mass is 444 g/mol. The van der Waals surface area contributed by atoms with Gasteiger partial charge >= 0.3 is 0 Å². The van der Waals surface area contributed by atoms with E-state index in [1.165, 1.54) is 12.4 Å². The molecule has 0 radical (unpaired) electrons. The first-order valence-electron chi connectivity index (χ1n) is 11.1. The highest BCUT2D eigenvalue weighted by atomic mass is 16.3. The Kier molecular flexibility index (Phi) is 5.10. The summed E-state index contributed by atoms with van der Waals surface area (Å²) in [6, 6.07) is 9.42. The average Bonchev–Trinajstić information content (AvgIpc) is 3.26. The van der Waals surface area contributed by atoms with Gasteiger partial charge in [0, 0.05) is 11.7 Å². The van der Waals surface area contributed by atoms with E-state index in [0.717, 1.165) is 49.7 Å². The molecule has 3 aliphatic carbocycles. The molecule has 0 aromatic carbocycles. The normalized spacial score (nSPS) is 23.8. The maximum atomic E-state index is 12.8. The second-order valence-electron chi connectivity index (χ2n) is 9.03. The summed E-state index contributed by atoms with van der Waals surface area (Å²) < 4.78 is 1.71. The Labute approximate surface area is 190 Å². The van der Waals surface area contributed by atoms with Crippen molar-refractivity contribution in [3.63, 3.8) is 0 Å². The molecule has 3 saturated carbocycles. The number of carbonyl (C=O) groups is 2. The van der Waals surface area contributed by atoms with E-state index in [0.29, 0.717) is 28.8 Å². The first kappa shape index (κ1) is 21.1. The number of amides is 1. The van der Waals surface area contributed by atoms with Gasteiger partial charge in [0.15, 0.2) is 0 Å². The summed E-state index contributed by atoms with van der Waals surface area (Å²) >= 11 is 0. The molecular formula is C24H24N6O3. The van der Waals surface area contributed by atoms with Crippen LogP contribution in [0.5, 0.6) is 0 Å². The molecule has 33 heavy (non-hydrogen) atoms. The largest absolute Gasteiger partial charge is 0.390 e. The number of aromatic nitrogens is 3. The van der Waals surface area contributed by atoms with Crippen LogP contribution < -0.4 is 10.6 Å². The highest BCUT2D eigenvalue weighted by Crippen LogP contribution is 2.48. The number of nitrogens with zero attached hydrogens (tertiary/aromatic N) is 4. The van der Waals surface area contributed by atoms with E-state index < -0.39 is 5.60 Å². The van der Waals surface area contributed by atoms with E-state index in [1.54, 1.807) is 10.6 Å². The molecule has 3 heterocycles. The molecule has 0 spiro atoms. The van der Waals surface area contributed by atoms with Crippen LogP contribution in [0.3, 0.4) is 0 Å². The highest BCUT2D eigenvalue weighted by Gasteiger charge is 2.47. The summed E-state index contributed by atoms with van der Waals surface area (Å²) in [7, 11) is 0. The van der Waals surface area contributed by atoms with E-state index in [1.807, 2.05) is 18.2 Å². The van der Waals surface area contributed by atoms with E-state index in [9.17, 15) is 14.7 Å². The van der Waals surface area contributed by atoms with Gasteiger partial charge in [0.05, 0.1) is 52.1 Å². The van der Waals surface area contributed by atoms with Crippen LogP contribution in [-0.4, -0.2) is 49.6 Å². The molecule has 3 N–H and O–H groups in total. The first-order valence-corrected chi connectivity index (χ1v) is 11.1. The van der Waals surface area contributed by atoms with Crippen molar-refractivity contribution in [1.29, 1.82) is 5.26 Å². The number of nitrogens with one attached hydrogen (secondary N) is 2. The second-order valence-corrected chi connectivity index (χ2v) is 9.03. The van der Waals surface area contributed by atoms with Crippen molar-refractivity contribution in [1.82, 2.24) is 19.9 Å². The second kappa shape index (κ2) is 7.98. The Bertz CT molecular complexity index is 1270. The lowest BCUT2D eigenvalue weighted by atomic mass is 9.63. The van der Waals surface area contributed by atoms with Crippen LogP contribution in [0.4, 0.5) is 5.69 Å². The van der Waals surface area contributed by atoms with E-state index in [-0.39, 0.29) is 18.0 Å². The fourth-order valence-electron chi connectivity index (χ4n) is 5.00. The van der Waals surface area contributed by atoms with Crippen molar-refractivity contribution in [2.45, 2.75) is 49.7 Å². The predicted octanol–water partition coefficient (Wildman–Crippen LogP) is 2.45. The summed E-state index contributed by atoms with van der Waals surface area (Å²) in [5, 5.41) is 30.3. The predicted molar refractivity (Wildman–Crippen MR) is 121 cm³/mol. The standard InChI is InChI=1S/C24H24N6O3/c25-13-16-11-17-1-2-21(30(17)28-14-16)20-12-19(18(15-27-20)22(32)26-9-10-31)29-23-3-6-24(33,7-4-23)8-5-23/h1-2,10-12,14-15,33H,3-9H2,(H,26,32)(H,27,29). The third-order valence-electron chi connectivity index (χ3n) is 6.99. The zero-order valence-corrected chi connectivity index (χ0v) is 18.0. The number of carbonyl (C=O) groups excluding carboxylic acids is 2. The van der Waals surface area contributed by atoms with Crippen LogP contribution in [0.25, 0.3) is 16.9 Å². The Morgan fingerprint density at radius 2 is 1.94 bits per heavy atom. The van der Waals surface area contributed by atoms with Crippen molar-refractivity contribution >= 4 is 23.4 Å². The number of anilines is 1. The minimum Gasteiger partial charge on any atom is -0.390 e. The Hall–Kier alpha value is -3.77. The third-order valence-corrected chi connectivity index (χ3v) is 6.99. The van der Waals surface area contributed by atoms with Gasteiger partial charge in [0.1, 0.15) is 12.4 Å². The SMILES string of the molecule is N#Cc1cnn2c(-c3cc(NC45CCC(O)(CC4)CC5)c(C(=O)NCC=O)cn3)ccc2c1. The van der Waals surface area contributed by atoms with Crippen LogP contribution in [0.15, 0.2) is 36.7 Å². The van der Waals surface area contributed by atoms with E-state index in [4.69, 9.17) is 5.26 Å². The van der Waals surface area contributed by atoms with Crippen LogP contribution in [0.2, 0.25) is 0 Å². The lowest BCUT2D eigenvalue weighted by Gasteiger charge is -2.51. The number of aliphatic hydroxyl groups is 1. The van der Waals surface area contributed by atoms with Crippen LogP contribution >= 0.6 is 0 Å². The molecule has 3 aromatic rings. The van der Waals surface area contributed by atoms with Gasteiger partial charge in [-0.05, 0) is 62.8 Å². The molecule has 3 aliphatic rings. The van der Waals surface area contributed by atoms with Gasteiger partial charge in [-0.15, -0.1) is 0 Å². The Morgan fingerprint density at radius 3 is 2.64 bits per heavy atom. The number of pyridine rings is 1. The summed E-state index contributed by atoms with van der Waals surface area (Å²) in [6.45, 7) is -0.0767. The first-order chi connectivity index (χ1) is 15.9. The molecule has 9 heteroatoms. The fourth-order valence-corrected chi connectivity index (χ4v) is 5.00. The fraction of sp³-hybridized carbons (Fsp3) is 0.375. The minimum absolute atomic E-state index is 0.0767. The highest BCUT2D eigenvalue weighted by molar-refractivity contribution is 6.00. The lowest BCUT2D eigenvalue weighted by Crippen LogP contribution is -2.54. The summed E-state index contributed by atoms with van der Waals surface area (Å²) in [4.78, 5) is 28.0.